The zero-order chi connectivity index (χ0) is 22.7. The lowest BCUT2D eigenvalue weighted by atomic mass is 9.97. The minimum absolute atomic E-state index is 0.127. The van der Waals surface area contributed by atoms with Crippen LogP contribution < -0.4 is 0 Å². The van der Waals surface area contributed by atoms with Crippen LogP contribution in [0.2, 0.25) is 0 Å². The van der Waals surface area contributed by atoms with Crippen molar-refractivity contribution < 1.29 is 19.1 Å². The van der Waals surface area contributed by atoms with Crippen LogP contribution >= 0.6 is 0 Å². The Bertz CT molecular complexity index is 1270. The number of hydrogen-bond donors (Lipinski definition) is 0. The van der Waals surface area contributed by atoms with Gasteiger partial charge in [-0.05, 0) is 35.7 Å². The van der Waals surface area contributed by atoms with Gasteiger partial charge in [0.25, 0.3) is 0 Å². The number of aromatic nitrogens is 1. The molecule has 0 radical (unpaired) electrons. The van der Waals surface area contributed by atoms with Crippen LogP contribution in [-0.2, 0) is 9.47 Å². The summed E-state index contributed by atoms with van der Waals surface area (Å²) >= 11 is 0. The first kappa shape index (κ1) is 21.1. The Morgan fingerprint density at radius 1 is 0.719 bits per heavy atom. The molecule has 0 spiro atoms. The largest absolute Gasteiger partial charge is 0.465 e. The van der Waals surface area contributed by atoms with Crippen LogP contribution in [0.3, 0.4) is 0 Å². The van der Waals surface area contributed by atoms with Gasteiger partial charge in [-0.25, -0.2) is 9.59 Å². The van der Waals surface area contributed by atoms with Crippen LogP contribution in [0.15, 0.2) is 84.9 Å². The van der Waals surface area contributed by atoms with E-state index in [2.05, 4.69) is 0 Å². The molecule has 0 aliphatic carbocycles. The number of rotatable bonds is 5. The van der Waals surface area contributed by atoms with E-state index in [-0.39, 0.29) is 11.3 Å². The van der Waals surface area contributed by atoms with Gasteiger partial charge >= 0.3 is 11.9 Å². The summed E-state index contributed by atoms with van der Waals surface area (Å²) in [6.45, 7) is 1.98. The molecule has 0 fully saturated rings. The third kappa shape index (κ3) is 3.69. The van der Waals surface area contributed by atoms with Gasteiger partial charge in [0.15, 0.2) is 0 Å². The van der Waals surface area contributed by atoms with Crippen LogP contribution in [0, 0.1) is 6.92 Å². The van der Waals surface area contributed by atoms with E-state index in [1.165, 1.54) is 14.2 Å². The molecular weight excluding hydrogens is 402 g/mol. The van der Waals surface area contributed by atoms with Gasteiger partial charge in [0, 0.05) is 11.3 Å². The molecule has 0 atom stereocenters. The SMILES string of the molecule is COC(=O)c1c(-c2ccccc2)c(-c2ccccc2)n(-c2cccc(C)c2)c1C(=O)OC. The number of hydrogen-bond acceptors (Lipinski definition) is 4. The lowest BCUT2D eigenvalue weighted by molar-refractivity contribution is 0.0550. The Morgan fingerprint density at radius 3 is 1.88 bits per heavy atom. The van der Waals surface area contributed by atoms with E-state index in [9.17, 15) is 9.59 Å². The van der Waals surface area contributed by atoms with E-state index in [0.717, 1.165) is 22.4 Å². The number of nitrogens with zero attached hydrogens (tertiary/aromatic N) is 1. The minimum Gasteiger partial charge on any atom is -0.465 e. The first-order valence-corrected chi connectivity index (χ1v) is 10.2. The van der Waals surface area contributed by atoms with Gasteiger partial charge in [-0.3, -0.25) is 0 Å². The molecule has 0 saturated heterocycles. The van der Waals surface area contributed by atoms with Crippen LogP contribution in [0.4, 0.5) is 0 Å². The summed E-state index contributed by atoms with van der Waals surface area (Å²) in [5, 5.41) is 0. The fourth-order valence-corrected chi connectivity index (χ4v) is 3.94. The number of aryl methyl sites for hydroxylation is 1. The summed E-state index contributed by atoms with van der Waals surface area (Å²) in [6, 6.07) is 27.0. The summed E-state index contributed by atoms with van der Waals surface area (Å²) in [7, 11) is 2.62. The van der Waals surface area contributed by atoms with Crippen molar-refractivity contribution in [3.63, 3.8) is 0 Å². The molecule has 1 aromatic heterocycles. The third-order valence-corrected chi connectivity index (χ3v) is 5.31. The van der Waals surface area contributed by atoms with Crippen molar-refractivity contribution in [1.29, 1.82) is 0 Å². The maximum absolute atomic E-state index is 13.1. The molecule has 5 nitrogen and oxygen atoms in total. The molecule has 0 saturated carbocycles. The Balaban J connectivity index is 2.25. The standard InChI is InChI=1S/C27H23NO4/c1-18-11-10-16-21(17-18)28-24(20-14-8-5-9-15-20)22(19-12-6-4-7-13-19)23(26(29)31-2)25(28)27(30)32-3/h4-17H,1-3H3. The van der Waals surface area contributed by atoms with Gasteiger partial charge in [0.05, 0.1) is 19.9 Å². The zero-order valence-electron chi connectivity index (χ0n) is 18.2. The molecule has 0 N–H and O–H groups in total. The van der Waals surface area contributed by atoms with Gasteiger partial charge in [-0.1, -0.05) is 72.8 Å². The highest BCUT2D eigenvalue weighted by Crippen LogP contribution is 2.42. The second-order valence-electron chi connectivity index (χ2n) is 7.34. The highest BCUT2D eigenvalue weighted by Gasteiger charge is 2.34. The van der Waals surface area contributed by atoms with Crippen molar-refractivity contribution in [2.24, 2.45) is 0 Å². The summed E-state index contributed by atoms with van der Waals surface area (Å²) in [5.41, 5.74) is 5.04. The van der Waals surface area contributed by atoms with E-state index in [1.54, 1.807) is 4.57 Å². The molecule has 4 rings (SSSR count). The fourth-order valence-electron chi connectivity index (χ4n) is 3.94. The Morgan fingerprint density at radius 2 is 1.31 bits per heavy atom. The average molecular weight is 425 g/mol. The zero-order valence-corrected chi connectivity index (χ0v) is 18.2. The van der Waals surface area contributed by atoms with Crippen molar-refractivity contribution >= 4 is 11.9 Å². The van der Waals surface area contributed by atoms with E-state index in [0.29, 0.717) is 11.3 Å². The highest BCUT2D eigenvalue weighted by atomic mass is 16.5. The van der Waals surface area contributed by atoms with Crippen molar-refractivity contribution in [2.45, 2.75) is 6.92 Å². The fraction of sp³-hybridized carbons (Fsp3) is 0.111. The molecule has 160 valence electrons. The first-order valence-electron chi connectivity index (χ1n) is 10.2. The quantitative estimate of drug-likeness (QED) is 0.385. The van der Waals surface area contributed by atoms with Crippen LogP contribution in [0.25, 0.3) is 28.1 Å². The molecule has 32 heavy (non-hydrogen) atoms. The Labute approximate surface area is 186 Å². The molecule has 0 amide bonds. The van der Waals surface area contributed by atoms with Gasteiger partial charge in [0.2, 0.25) is 0 Å². The molecule has 3 aromatic carbocycles. The third-order valence-electron chi connectivity index (χ3n) is 5.31. The Hall–Kier alpha value is -4.12. The van der Waals surface area contributed by atoms with E-state index in [4.69, 9.17) is 9.47 Å². The summed E-state index contributed by atoms with van der Waals surface area (Å²) < 4.78 is 12.1. The van der Waals surface area contributed by atoms with Crippen LogP contribution in [0.1, 0.15) is 26.4 Å². The van der Waals surface area contributed by atoms with Crippen LogP contribution in [-0.4, -0.2) is 30.7 Å². The number of ether oxygens (including phenoxy) is 2. The molecule has 5 heteroatoms. The monoisotopic (exact) mass is 425 g/mol. The van der Waals surface area contributed by atoms with Crippen molar-refractivity contribution in [1.82, 2.24) is 4.57 Å². The van der Waals surface area contributed by atoms with E-state index < -0.39 is 11.9 Å². The topological polar surface area (TPSA) is 57.5 Å². The van der Waals surface area contributed by atoms with Gasteiger partial charge in [0.1, 0.15) is 11.3 Å². The predicted molar refractivity (Wildman–Crippen MR) is 124 cm³/mol. The van der Waals surface area contributed by atoms with Crippen molar-refractivity contribution in [2.75, 3.05) is 14.2 Å². The maximum Gasteiger partial charge on any atom is 0.355 e. The Kier molecular flexibility index (Phi) is 5.90. The molecule has 0 bridgehead atoms. The molecule has 0 unspecified atom stereocenters. The van der Waals surface area contributed by atoms with Crippen molar-refractivity contribution in [3.05, 3.63) is 102 Å². The minimum atomic E-state index is -0.619. The smallest absolute Gasteiger partial charge is 0.355 e. The molecule has 0 aliphatic heterocycles. The van der Waals surface area contributed by atoms with Crippen LogP contribution in [0.5, 0.6) is 0 Å². The van der Waals surface area contributed by atoms with Gasteiger partial charge < -0.3 is 14.0 Å². The molecule has 0 aliphatic rings. The van der Waals surface area contributed by atoms with E-state index in [1.807, 2.05) is 91.9 Å². The lowest BCUT2D eigenvalue weighted by Crippen LogP contribution is -2.15. The van der Waals surface area contributed by atoms with Gasteiger partial charge in [-0.15, -0.1) is 0 Å². The number of methoxy groups -OCH3 is 2. The summed E-state index contributed by atoms with van der Waals surface area (Å²) in [4.78, 5) is 26.2. The molecule has 1 heterocycles. The normalized spacial score (nSPS) is 10.6. The first-order chi connectivity index (χ1) is 15.6. The number of esters is 2. The van der Waals surface area contributed by atoms with Gasteiger partial charge in [-0.2, -0.15) is 0 Å². The number of carbonyl (C=O) groups is 2. The summed E-state index contributed by atoms with van der Waals surface area (Å²) in [5.74, 6) is -1.22. The van der Waals surface area contributed by atoms with E-state index >= 15 is 0 Å². The predicted octanol–water partition coefficient (Wildman–Crippen LogP) is 5.69. The summed E-state index contributed by atoms with van der Waals surface area (Å²) in [6.07, 6.45) is 0. The molecule has 4 aromatic rings. The van der Waals surface area contributed by atoms with Crippen molar-refractivity contribution in [3.8, 4) is 28.1 Å². The lowest BCUT2D eigenvalue weighted by Gasteiger charge is -2.15. The number of carbonyl (C=O) groups excluding carboxylic acids is 2. The second-order valence-corrected chi connectivity index (χ2v) is 7.34. The average Bonchev–Trinajstić information content (AvgIpc) is 3.20. The highest BCUT2D eigenvalue weighted by molar-refractivity contribution is 6.11. The molecular formula is C27H23NO4. The second kappa shape index (κ2) is 8.94. The maximum atomic E-state index is 13.1. The number of benzene rings is 3.